The Morgan fingerprint density at radius 3 is 2.62 bits per heavy atom. The van der Waals surface area contributed by atoms with Crippen molar-refractivity contribution in [2.75, 3.05) is 19.6 Å². The van der Waals surface area contributed by atoms with Gasteiger partial charge in [-0.2, -0.15) is 0 Å². The molecule has 1 N–H and O–H groups in total. The minimum atomic E-state index is -0.107. The van der Waals surface area contributed by atoms with E-state index < -0.39 is 0 Å². The number of pyridine rings is 1. The van der Waals surface area contributed by atoms with Crippen LogP contribution in [0.1, 0.15) is 42.7 Å². The van der Waals surface area contributed by atoms with Gasteiger partial charge < -0.3 is 10.1 Å². The molecule has 1 aliphatic heterocycles. The van der Waals surface area contributed by atoms with E-state index in [-0.39, 0.29) is 12.0 Å². The van der Waals surface area contributed by atoms with E-state index in [1.54, 1.807) is 6.20 Å². The smallest absolute Gasteiger partial charge is 0.251 e. The van der Waals surface area contributed by atoms with Gasteiger partial charge >= 0.3 is 0 Å². The number of amides is 1. The maximum absolute atomic E-state index is 12.3. The van der Waals surface area contributed by atoms with E-state index in [1.807, 2.05) is 42.5 Å². The minimum Gasteiger partial charge on any atom is -0.490 e. The zero-order chi connectivity index (χ0) is 20.5. The molecule has 5 heteroatoms. The summed E-state index contributed by atoms with van der Waals surface area (Å²) in [6, 6.07) is 13.1. The first-order valence-electron chi connectivity index (χ1n) is 10.4. The summed E-state index contributed by atoms with van der Waals surface area (Å²) in [7, 11) is 0. The number of nitrogens with zero attached hydrogens (tertiary/aromatic N) is 2. The summed E-state index contributed by atoms with van der Waals surface area (Å²) in [6.45, 7) is 7.95. The van der Waals surface area contributed by atoms with Crippen LogP contribution < -0.4 is 10.1 Å². The second-order valence-corrected chi connectivity index (χ2v) is 7.82. The number of benzene rings is 1. The molecule has 154 valence electrons. The van der Waals surface area contributed by atoms with Crippen LogP contribution in [0.3, 0.4) is 0 Å². The van der Waals surface area contributed by atoms with Gasteiger partial charge in [-0.15, -0.1) is 0 Å². The molecular weight excluding hydrogens is 362 g/mol. The molecule has 3 rings (SSSR count). The number of carbonyl (C=O) groups is 1. The molecule has 0 atom stereocenters. The minimum absolute atomic E-state index is 0.107. The van der Waals surface area contributed by atoms with E-state index in [4.69, 9.17) is 4.74 Å². The van der Waals surface area contributed by atoms with Crippen LogP contribution in [0.15, 0.2) is 60.8 Å². The quantitative estimate of drug-likeness (QED) is 0.687. The van der Waals surface area contributed by atoms with Gasteiger partial charge in [0.2, 0.25) is 0 Å². The predicted molar refractivity (Wildman–Crippen MR) is 116 cm³/mol. The van der Waals surface area contributed by atoms with Gasteiger partial charge in [0.25, 0.3) is 5.91 Å². The molecule has 0 radical (unpaired) electrons. The van der Waals surface area contributed by atoms with Crippen LogP contribution >= 0.6 is 0 Å². The van der Waals surface area contributed by atoms with Crippen molar-refractivity contribution in [1.82, 2.24) is 15.2 Å². The summed E-state index contributed by atoms with van der Waals surface area (Å²) in [5.41, 5.74) is 1.46. The number of allylic oxidation sites excluding steroid dienone is 1. The Morgan fingerprint density at radius 1 is 1.21 bits per heavy atom. The average Bonchev–Trinajstić information content (AvgIpc) is 2.74. The van der Waals surface area contributed by atoms with Gasteiger partial charge in [-0.05, 0) is 55.2 Å². The molecule has 1 aliphatic rings. The Kier molecular flexibility index (Phi) is 7.82. The van der Waals surface area contributed by atoms with Crippen molar-refractivity contribution >= 4 is 5.91 Å². The lowest BCUT2D eigenvalue weighted by Crippen LogP contribution is -2.38. The molecular formula is C24H31N3O2. The number of hydrogen-bond acceptors (Lipinski definition) is 4. The van der Waals surface area contributed by atoms with Gasteiger partial charge in [-0.25, -0.2) is 0 Å². The lowest BCUT2D eigenvalue weighted by molar-refractivity contribution is 0.0950. The van der Waals surface area contributed by atoms with Gasteiger partial charge in [0, 0.05) is 31.4 Å². The lowest BCUT2D eigenvalue weighted by Gasteiger charge is -2.31. The Bertz CT molecular complexity index is 780. The standard InChI is InChI=1S/C24H31N3O2/c1-19(2)6-5-15-27-16-12-23(13-17-27)29-22-10-8-20(9-11-22)24(28)26-18-21-7-3-4-14-25-21/h3-11,14,19,23H,12-13,15-18H2,1-2H3,(H,26,28). The first kappa shape index (κ1) is 21.1. The summed E-state index contributed by atoms with van der Waals surface area (Å²) in [6.07, 6.45) is 8.55. The lowest BCUT2D eigenvalue weighted by atomic mass is 10.1. The highest BCUT2D eigenvalue weighted by Gasteiger charge is 2.19. The van der Waals surface area contributed by atoms with Crippen LogP contribution in [0.4, 0.5) is 0 Å². The van der Waals surface area contributed by atoms with Crippen LogP contribution in [-0.4, -0.2) is 41.5 Å². The maximum Gasteiger partial charge on any atom is 0.251 e. The number of nitrogens with one attached hydrogen (secondary N) is 1. The van der Waals surface area contributed by atoms with E-state index in [0.717, 1.165) is 43.9 Å². The fourth-order valence-corrected chi connectivity index (χ4v) is 3.34. The normalized spacial score (nSPS) is 15.7. The molecule has 29 heavy (non-hydrogen) atoms. The van der Waals surface area contributed by atoms with Crippen molar-refractivity contribution in [2.45, 2.75) is 39.3 Å². The third-order valence-corrected chi connectivity index (χ3v) is 4.99. The van der Waals surface area contributed by atoms with E-state index in [0.29, 0.717) is 18.0 Å². The second kappa shape index (κ2) is 10.8. The average molecular weight is 394 g/mol. The van der Waals surface area contributed by atoms with Crippen LogP contribution in [0.25, 0.3) is 0 Å². The number of rotatable bonds is 8. The molecule has 1 saturated heterocycles. The molecule has 1 fully saturated rings. The Hall–Kier alpha value is -2.66. The summed E-state index contributed by atoms with van der Waals surface area (Å²) in [5, 5.41) is 2.89. The molecule has 0 bridgehead atoms. The summed E-state index contributed by atoms with van der Waals surface area (Å²) in [5.74, 6) is 1.32. The Balaban J connectivity index is 1.42. The molecule has 0 spiro atoms. The third kappa shape index (κ3) is 7.02. The Morgan fingerprint density at radius 2 is 1.97 bits per heavy atom. The monoisotopic (exact) mass is 393 g/mol. The van der Waals surface area contributed by atoms with Gasteiger partial charge in [0.15, 0.2) is 0 Å². The molecule has 1 aromatic carbocycles. The molecule has 0 saturated carbocycles. The van der Waals surface area contributed by atoms with Crippen LogP contribution in [0.5, 0.6) is 5.75 Å². The largest absolute Gasteiger partial charge is 0.490 e. The predicted octanol–water partition coefficient (Wildman–Crippen LogP) is 4.07. The van der Waals surface area contributed by atoms with Crippen molar-refractivity contribution in [3.05, 3.63) is 72.1 Å². The maximum atomic E-state index is 12.3. The van der Waals surface area contributed by atoms with Crippen molar-refractivity contribution in [1.29, 1.82) is 0 Å². The highest BCUT2D eigenvalue weighted by Crippen LogP contribution is 2.20. The Labute approximate surface area is 173 Å². The molecule has 5 nitrogen and oxygen atoms in total. The van der Waals surface area contributed by atoms with Gasteiger partial charge in [0.05, 0.1) is 12.2 Å². The topological polar surface area (TPSA) is 54.5 Å². The fourth-order valence-electron chi connectivity index (χ4n) is 3.34. The van der Waals surface area contributed by atoms with Crippen molar-refractivity contribution in [3.8, 4) is 5.75 Å². The van der Waals surface area contributed by atoms with Gasteiger partial charge in [-0.3, -0.25) is 14.7 Å². The van der Waals surface area contributed by atoms with Gasteiger partial charge in [0.1, 0.15) is 11.9 Å². The highest BCUT2D eigenvalue weighted by molar-refractivity contribution is 5.94. The summed E-state index contributed by atoms with van der Waals surface area (Å²) >= 11 is 0. The van der Waals surface area contributed by atoms with Gasteiger partial charge in [-0.1, -0.05) is 32.1 Å². The first-order valence-corrected chi connectivity index (χ1v) is 10.4. The number of ether oxygens (including phenoxy) is 1. The highest BCUT2D eigenvalue weighted by atomic mass is 16.5. The SMILES string of the molecule is CC(C)C=CCN1CCC(Oc2ccc(C(=O)NCc3ccccn3)cc2)CC1. The second-order valence-electron chi connectivity index (χ2n) is 7.82. The zero-order valence-electron chi connectivity index (χ0n) is 17.4. The van der Waals surface area contributed by atoms with Crippen LogP contribution in [-0.2, 0) is 6.54 Å². The number of hydrogen-bond donors (Lipinski definition) is 1. The van der Waals surface area contributed by atoms with E-state index >= 15 is 0 Å². The molecule has 1 amide bonds. The number of likely N-dealkylation sites (tertiary alicyclic amines) is 1. The zero-order valence-corrected chi connectivity index (χ0v) is 17.4. The number of piperidine rings is 1. The van der Waals surface area contributed by atoms with Crippen molar-refractivity contribution in [2.24, 2.45) is 5.92 Å². The molecule has 0 aliphatic carbocycles. The van der Waals surface area contributed by atoms with Crippen molar-refractivity contribution < 1.29 is 9.53 Å². The molecule has 1 aromatic heterocycles. The van der Waals surface area contributed by atoms with E-state index in [2.05, 4.69) is 41.2 Å². The van der Waals surface area contributed by atoms with E-state index in [1.165, 1.54) is 0 Å². The molecule has 2 aromatic rings. The fraction of sp³-hybridized carbons (Fsp3) is 0.417. The number of aromatic nitrogens is 1. The van der Waals surface area contributed by atoms with Crippen LogP contribution in [0, 0.1) is 5.92 Å². The third-order valence-electron chi connectivity index (χ3n) is 4.99. The summed E-state index contributed by atoms with van der Waals surface area (Å²) < 4.78 is 6.12. The van der Waals surface area contributed by atoms with Crippen LogP contribution in [0.2, 0.25) is 0 Å². The molecule has 2 heterocycles. The summed E-state index contributed by atoms with van der Waals surface area (Å²) in [4.78, 5) is 19.0. The van der Waals surface area contributed by atoms with Crippen molar-refractivity contribution in [3.63, 3.8) is 0 Å². The van der Waals surface area contributed by atoms with E-state index in [9.17, 15) is 4.79 Å². The first-order chi connectivity index (χ1) is 14.1. The number of carbonyl (C=O) groups excluding carboxylic acids is 1. The molecule has 0 unspecified atom stereocenters.